The first-order valence-corrected chi connectivity index (χ1v) is 7.89. The molecule has 2 saturated heterocycles. The Labute approximate surface area is 135 Å². The van der Waals surface area contributed by atoms with Crippen LogP contribution in [0.1, 0.15) is 10.4 Å². The highest BCUT2D eigenvalue weighted by atomic mass is 35.5. The first kappa shape index (κ1) is 15.6. The lowest BCUT2D eigenvalue weighted by molar-refractivity contribution is 0.0487. The van der Waals surface area contributed by atoms with E-state index in [9.17, 15) is 4.79 Å². The van der Waals surface area contributed by atoms with E-state index in [0.717, 1.165) is 19.7 Å². The predicted molar refractivity (Wildman–Crippen MR) is 84.6 cm³/mol. The van der Waals surface area contributed by atoms with Gasteiger partial charge in [-0.15, -0.1) is 0 Å². The fourth-order valence-electron chi connectivity index (χ4n) is 3.19. The van der Waals surface area contributed by atoms with Crippen molar-refractivity contribution in [3.05, 3.63) is 28.8 Å². The Morgan fingerprint density at radius 3 is 2.95 bits per heavy atom. The van der Waals surface area contributed by atoms with Crippen molar-refractivity contribution in [3.63, 3.8) is 0 Å². The van der Waals surface area contributed by atoms with Gasteiger partial charge in [0.25, 0.3) is 5.91 Å². The third kappa shape index (κ3) is 3.07. The van der Waals surface area contributed by atoms with Crippen molar-refractivity contribution in [2.45, 2.75) is 6.10 Å². The summed E-state index contributed by atoms with van der Waals surface area (Å²) in [5.74, 6) is 0.946. The highest BCUT2D eigenvalue weighted by Gasteiger charge is 2.38. The number of amides is 1. The van der Waals surface area contributed by atoms with Crippen LogP contribution in [0.15, 0.2) is 18.2 Å². The van der Waals surface area contributed by atoms with Gasteiger partial charge in [0.15, 0.2) is 0 Å². The molecule has 5 nitrogen and oxygen atoms in total. The zero-order valence-corrected chi connectivity index (χ0v) is 13.7. The molecule has 0 saturated carbocycles. The van der Waals surface area contributed by atoms with Crippen LogP contribution >= 0.6 is 11.6 Å². The molecule has 2 heterocycles. The lowest BCUT2D eigenvalue weighted by atomic mass is 10.1. The van der Waals surface area contributed by atoms with Crippen molar-refractivity contribution in [3.8, 4) is 5.75 Å². The van der Waals surface area contributed by atoms with Crippen LogP contribution in [0.25, 0.3) is 0 Å². The standard InChI is InChI=1S/C16H21ClN2O3/c1-18-5-6-22-15-10-19(9-11(15)8-18)16(20)13-7-12(21-2)3-4-14(13)17/h3-4,7,11,15H,5-6,8-10H2,1-2H3/t11-,15+/m1/s1. The molecule has 0 aliphatic carbocycles. The molecule has 2 aliphatic rings. The van der Waals surface area contributed by atoms with Gasteiger partial charge in [-0.25, -0.2) is 0 Å². The van der Waals surface area contributed by atoms with Crippen molar-refractivity contribution in [1.29, 1.82) is 0 Å². The fraction of sp³-hybridized carbons (Fsp3) is 0.562. The van der Waals surface area contributed by atoms with Crippen LogP contribution in [-0.2, 0) is 4.74 Å². The highest BCUT2D eigenvalue weighted by molar-refractivity contribution is 6.33. The second-order valence-corrected chi connectivity index (χ2v) is 6.39. The fourth-order valence-corrected chi connectivity index (χ4v) is 3.39. The summed E-state index contributed by atoms with van der Waals surface area (Å²) in [6, 6.07) is 5.16. The van der Waals surface area contributed by atoms with Crippen molar-refractivity contribution in [2.75, 3.05) is 46.9 Å². The molecule has 2 atom stereocenters. The van der Waals surface area contributed by atoms with Crippen LogP contribution < -0.4 is 4.74 Å². The van der Waals surface area contributed by atoms with Gasteiger partial charge >= 0.3 is 0 Å². The average Bonchev–Trinajstić information content (AvgIpc) is 2.82. The summed E-state index contributed by atoms with van der Waals surface area (Å²) in [4.78, 5) is 16.9. The van der Waals surface area contributed by atoms with Crippen molar-refractivity contribution >= 4 is 17.5 Å². The highest BCUT2D eigenvalue weighted by Crippen LogP contribution is 2.28. The monoisotopic (exact) mass is 324 g/mol. The zero-order valence-electron chi connectivity index (χ0n) is 12.9. The Morgan fingerprint density at radius 1 is 1.36 bits per heavy atom. The maximum atomic E-state index is 12.8. The van der Waals surface area contributed by atoms with Gasteiger partial charge in [-0.2, -0.15) is 0 Å². The van der Waals surface area contributed by atoms with Gasteiger partial charge in [-0.1, -0.05) is 11.6 Å². The molecule has 0 radical (unpaired) electrons. The van der Waals surface area contributed by atoms with E-state index in [1.807, 2.05) is 4.90 Å². The van der Waals surface area contributed by atoms with E-state index < -0.39 is 0 Å². The molecule has 2 aliphatic heterocycles. The van der Waals surface area contributed by atoms with Gasteiger partial charge in [0.1, 0.15) is 5.75 Å². The van der Waals surface area contributed by atoms with Crippen LogP contribution in [-0.4, -0.2) is 68.8 Å². The van der Waals surface area contributed by atoms with Crippen LogP contribution in [0.2, 0.25) is 5.02 Å². The molecule has 0 unspecified atom stereocenters. The van der Waals surface area contributed by atoms with E-state index >= 15 is 0 Å². The lowest BCUT2D eigenvalue weighted by Gasteiger charge is -2.20. The van der Waals surface area contributed by atoms with Crippen LogP contribution in [0, 0.1) is 5.92 Å². The quantitative estimate of drug-likeness (QED) is 0.831. The number of nitrogens with zero attached hydrogens (tertiary/aromatic N) is 2. The number of ether oxygens (including phenoxy) is 2. The number of carbonyl (C=O) groups is 1. The summed E-state index contributed by atoms with van der Waals surface area (Å²) >= 11 is 6.19. The summed E-state index contributed by atoms with van der Waals surface area (Å²) in [5.41, 5.74) is 0.492. The molecule has 3 rings (SSSR count). The minimum Gasteiger partial charge on any atom is -0.497 e. The SMILES string of the molecule is COc1ccc(Cl)c(C(=O)N2C[C@H]3CN(C)CCO[C@H]3C2)c1. The predicted octanol–water partition coefficient (Wildman–Crippen LogP) is 1.75. The van der Waals surface area contributed by atoms with Crippen LogP contribution in [0.4, 0.5) is 0 Å². The number of hydrogen-bond acceptors (Lipinski definition) is 4. The summed E-state index contributed by atoms with van der Waals surface area (Å²) in [5, 5.41) is 0.455. The Bertz CT molecular complexity index is 566. The first-order chi connectivity index (χ1) is 10.6. The maximum Gasteiger partial charge on any atom is 0.255 e. The van der Waals surface area contributed by atoms with Gasteiger partial charge in [0, 0.05) is 32.1 Å². The number of benzene rings is 1. The Morgan fingerprint density at radius 2 is 2.18 bits per heavy atom. The third-order valence-electron chi connectivity index (χ3n) is 4.42. The van der Waals surface area contributed by atoms with Gasteiger partial charge in [0.2, 0.25) is 0 Å². The molecule has 120 valence electrons. The molecule has 6 heteroatoms. The zero-order chi connectivity index (χ0) is 15.7. The van der Waals surface area contributed by atoms with E-state index in [1.54, 1.807) is 25.3 Å². The van der Waals surface area contributed by atoms with Crippen molar-refractivity contribution in [2.24, 2.45) is 5.92 Å². The second kappa shape index (κ2) is 6.44. The van der Waals surface area contributed by atoms with E-state index in [1.165, 1.54) is 0 Å². The van der Waals surface area contributed by atoms with E-state index in [-0.39, 0.29) is 12.0 Å². The third-order valence-corrected chi connectivity index (χ3v) is 4.75. The Hall–Kier alpha value is -1.30. The number of halogens is 1. The number of hydrogen-bond donors (Lipinski definition) is 0. The molecule has 0 N–H and O–H groups in total. The van der Waals surface area contributed by atoms with Gasteiger partial charge in [-0.05, 0) is 25.2 Å². The molecule has 0 spiro atoms. The number of likely N-dealkylation sites (N-methyl/N-ethyl adjacent to an activating group) is 1. The van der Waals surface area contributed by atoms with Crippen LogP contribution in [0.3, 0.4) is 0 Å². The molecule has 0 bridgehead atoms. The van der Waals surface area contributed by atoms with Gasteiger partial charge < -0.3 is 19.3 Å². The number of carbonyl (C=O) groups excluding carboxylic acids is 1. The molecular weight excluding hydrogens is 304 g/mol. The van der Waals surface area contributed by atoms with Crippen molar-refractivity contribution in [1.82, 2.24) is 9.80 Å². The number of methoxy groups -OCH3 is 1. The number of fused-ring (bicyclic) bond motifs is 1. The summed E-state index contributed by atoms with van der Waals surface area (Å²) in [6.45, 7) is 3.97. The smallest absolute Gasteiger partial charge is 0.255 e. The number of likely N-dealkylation sites (tertiary alicyclic amines) is 1. The lowest BCUT2D eigenvalue weighted by Crippen LogP contribution is -2.32. The average molecular weight is 325 g/mol. The van der Waals surface area contributed by atoms with E-state index in [2.05, 4.69) is 11.9 Å². The maximum absolute atomic E-state index is 12.8. The Balaban J connectivity index is 1.76. The first-order valence-electron chi connectivity index (χ1n) is 7.51. The minimum absolute atomic E-state index is 0.0526. The summed E-state index contributed by atoms with van der Waals surface area (Å²) in [6.07, 6.45) is 0.123. The largest absolute Gasteiger partial charge is 0.497 e. The molecule has 1 amide bonds. The summed E-state index contributed by atoms with van der Waals surface area (Å²) in [7, 11) is 3.67. The topological polar surface area (TPSA) is 42.0 Å². The molecule has 22 heavy (non-hydrogen) atoms. The van der Waals surface area contributed by atoms with E-state index in [4.69, 9.17) is 21.1 Å². The van der Waals surface area contributed by atoms with E-state index in [0.29, 0.717) is 35.3 Å². The normalized spacial score (nSPS) is 25.7. The van der Waals surface area contributed by atoms with Gasteiger partial charge in [0.05, 0.1) is 30.4 Å². The van der Waals surface area contributed by atoms with Crippen molar-refractivity contribution < 1.29 is 14.3 Å². The molecular formula is C16H21ClN2O3. The van der Waals surface area contributed by atoms with Gasteiger partial charge in [-0.3, -0.25) is 4.79 Å². The molecule has 1 aromatic carbocycles. The molecule has 2 fully saturated rings. The molecule has 1 aromatic rings. The Kier molecular flexibility index (Phi) is 4.57. The second-order valence-electron chi connectivity index (χ2n) is 5.99. The number of rotatable bonds is 2. The van der Waals surface area contributed by atoms with Crippen LogP contribution in [0.5, 0.6) is 5.75 Å². The summed E-state index contributed by atoms with van der Waals surface area (Å²) < 4.78 is 11.1. The minimum atomic E-state index is -0.0526. The molecule has 0 aromatic heterocycles.